The molecule has 0 aliphatic carbocycles. The van der Waals surface area contributed by atoms with Gasteiger partial charge in [0.1, 0.15) is 23.4 Å². The molecule has 0 aliphatic rings. The molecule has 0 aliphatic heterocycles. The minimum atomic E-state index is -1.33. The first-order valence-electron chi connectivity index (χ1n) is 10.7. The highest BCUT2D eigenvalue weighted by Crippen LogP contribution is 2.30. The number of carbonyl (C=O) groups excluding carboxylic acids is 3. The molecule has 4 N–H and O–H groups in total. The van der Waals surface area contributed by atoms with Gasteiger partial charge >= 0.3 is 6.09 Å². The van der Waals surface area contributed by atoms with Crippen molar-refractivity contribution >= 4 is 17.9 Å². The number of benzene rings is 1. The molecule has 0 saturated carbocycles. The van der Waals surface area contributed by atoms with E-state index in [2.05, 4.69) is 10.6 Å². The summed E-state index contributed by atoms with van der Waals surface area (Å²) in [6.45, 7) is 11.7. The summed E-state index contributed by atoms with van der Waals surface area (Å²) in [6, 6.07) is 3.77. The van der Waals surface area contributed by atoms with Crippen LogP contribution in [0.1, 0.15) is 66.5 Å². The van der Waals surface area contributed by atoms with Crippen LogP contribution in [0.15, 0.2) is 24.3 Å². The maximum atomic E-state index is 13.4. The molecule has 0 heterocycles. The minimum absolute atomic E-state index is 0.142. The van der Waals surface area contributed by atoms with Gasteiger partial charge in [0, 0.05) is 17.6 Å². The van der Waals surface area contributed by atoms with Gasteiger partial charge in [0.2, 0.25) is 11.8 Å². The number of amides is 3. The summed E-state index contributed by atoms with van der Waals surface area (Å²) in [5.41, 5.74) is -1.14. The Kier molecular flexibility index (Phi) is 9.51. The van der Waals surface area contributed by atoms with Crippen LogP contribution in [0.2, 0.25) is 0 Å². The monoisotopic (exact) mass is 451 g/mol. The van der Waals surface area contributed by atoms with Crippen LogP contribution in [0.3, 0.4) is 0 Å². The molecule has 9 heteroatoms. The SMILES string of the molecule is CCCN(C(=O)C(CO)NC(=O)OC(C)(C)C)C(C(=O)NC(C)(C)C)c1ccccc1O. The number of aliphatic hydroxyl groups is 1. The van der Waals surface area contributed by atoms with Crippen molar-refractivity contribution in [3.05, 3.63) is 29.8 Å². The zero-order valence-electron chi connectivity index (χ0n) is 20.1. The molecule has 0 fully saturated rings. The summed E-state index contributed by atoms with van der Waals surface area (Å²) in [5, 5.41) is 25.5. The molecule has 3 amide bonds. The number of aromatic hydroxyl groups is 1. The third-order valence-corrected chi connectivity index (χ3v) is 4.21. The fourth-order valence-electron chi connectivity index (χ4n) is 3.05. The Hall–Kier alpha value is -2.81. The van der Waals surface area contributed by atoms with Gasteiger partial charge in [-0.3, -0.25) is 9.59 Å². The number of aliphatic hydroxyl groups excluding tert-OH is 1. The number of alkyl carbamates (subject to hydrolysis) is 1. The second kappa shape index (κ2) is 11.2. The highest BCUT2D eigenvalue weighted by Gasteiger charge is 2.37. The average molecular weight is 452 g/mol. The Bertz CT molecular complexity index is 798. The van der Waals surface area contributed by atoms with Gasteiger partial charge in [-0.2, -0.15) is 0 Å². The van der Waals surface area contributed by atoms with Crippen LogP contribution in [0, 0.1) is 0 Å². The van der Waals surface area contributed by atoms with Crippen molar-refractivity contribution in [1.82, 2.24) is 15.5 Å². The Morgan fingerprint density at radius 2 is 1.69 bits per heavy atom. The van der Waals surface area contributed by atoms with Crippen molar-refractivity contribution in [2.75, 3.05) is 13.2 Å². The molecule has 0 saturated heterocycles. The van der Waals surface area contributed by atoms with Gasteiger partial charge < -0.3 is 30.5 Å². The van der Waals surface area contributed by atoms with E-state index in [9.17, 15) is 24.6 Å². The van der Waals surface area contributed by atoms with E-state index in [1.165, 1.54) is 11.0 Å². The number of phenolic OH excluding ortho intramolecular Hbond substituents is 1. The second-order valence-electron chi connectivity index (χ2n) is 9.61. The molecule has 0 spiro atoms. The molecular formula is C23H37N3O6. The maximum Gasteiger partial charge on any atom is 0.408 e. The van der Waals surface area contributed by atoms with Gasteiger partial charge in [0.15, 0.2) is 0 Å². The average Bonchev–Trinajstić information content (AvgIpc) is 2.63. The lowest BCUT2D eigenvalue weighted by molar-refractivity contribution is -0.143. The number of nitrogens with zero attached hydrogens (tertiary/aromatic N) is 1. The number of carbonyl (C=O) groups is 3. The number of phenols is 1. The molecule has 1 rings (SSSR count). The van der Waals surface area contributed by atoms with Gasteiger partial charge in [-0.05, 0) is 54.0 Å². The highest BCUT2D eigenvalue weighted by molar-refractivity contribution is 5.92. The van der Waals surface area contributed by atoms with Crippen LogP contribution < -0.4 is 10.6 Å². The van der Waals surface area contributed by atoms with Crippen molar-refractivity contribution < 1.29 is 29.3 Å². The minimum Gasteiger partial charge on any atom is -0.508 e. The fourth-order valence-corrected chi connectivity index (χ4v) is 3.05. The van der Waals surface area contributed by atoms with Gasteiger partial charge in [-0.1, -0.05) is 25.1 Å². The predicted molar refractivity (Wildman–Crippen MR) is 121 cm³/mol. The molecule has 1 aromatic carbocycles. The van der Waals surface area contributed by atoms with Crippen molar-refractivity contribution in [1.29, 1.82) is 0 Å². The number of para-hydroxylation sites is 1. The van der Waals surface area contributed by atoms with E-state index >= 15 is 0 Å². The zero-order valence-corrected chi connectivity index (χ0v) is 20.1. The summed E-state index contributed by atoms with van der Waals surface area (Å²) < 4.78 is 5.19. The molecule has 32 heavy (non-hydrogen) atoms. The van der Waals surface area contributed by atoms with Crippen LogP contribution in [0.4, 0.5) is 4.79 Å². The Morgan fingerprint density at radius 1 is 1.09 bits per heavy atom. The largest absolute Gasteiger partial charge is 0.508 e. The molecular weight excluding hydrogens is 414 g/mol. The Morgan fingerprint density at radius 3 is 2.16 bits per heavy atom. The second-order valence-corrected chi connectivity index (χ2v) is 9.61. The van der Waals surface area contributed by atoms with Crippen molar-refractivity contribution in [2.45, 2.75) is 78.1 Å². The molecule has 0 aromatic heterocycles. The van der Waals surface area contributed by atoms with E-state index < -0.39 is 47.7 Å². The molecule has 2 atom stereocenters. The van der Waals surface area contributed by atoms with Crippen LogP contribution in [0.25, 0.3) is 0 Å². The first kappa shape index (κ1) is 27.2. The summed E-state index contributed by atoms with van der Waals surface area (Å²) in [7, 11) is 0. The molecule has 0 bridgehead atoms. The van der Waals surface area contributed by atoms with Crippen molar-refractivity contribution in [3.63, 3.8) is 0 Å². The summed E-state index contributed by atoms with van der Waals surface area (Å²) in [5.74, 6) is -1.30. The van der Waals surface area contributed by atoms with E-state index in [0.29, 0.717) is 6.42 Å². The summed E-state index contributed by atoms with van der Waals surface area (Å²) in [6.07, 6.45) is -0.358. The third-order valence-electron chi connectivity index (χ3n) is 4.21. The number of hydrogen-bond donors (Lipinski definition) is 4. The van der Waals surface area contributed by atoms with E-state index in [4.69, 9.17) is 4.74 Å². The van der Waals surface area contributed by atoms with Crippen molar-refractivity contribution in [2.24, 2.45) is 0 Å². The molecule has 2 unspecified atom stereocenters. The smallest absolute Gasteiger partial charge is 0.408 e. The van der Waals surface area contributed by atoms with E-state index in [0.717, 1.165) is 0 Å². The normalized spacial score (nSPS) is 13.6. The lowest BCUT2D eigenvalue weighted by Gasteiger charge is -2.35. The number of ether oxygens (including phenoxy) is 1. The summed E-state index contributed by atoms with van der Waals surface area (Å²) in [4.78, 5) is 40.1. The molecule has 0 radical (unpaired) electrons. The maximum absolute atomic E-state index is 13.4. The van der Waals surface area contributed by atoms with Gasteiger partial charge in [-0.25, -0.2) is 4.79 Å². The van der Waals surface area contributed by atoms with Gasteiger partial charge in [0.25, 0.3) is 0 Å². The number of nitrogens with one attached hydrogen (secondary N) is 2. The van der Waals surface area contributed by atoms with Crippen LogP contribution in [-0.2, 0) is 14.3 Å². The lowest BCUT2D eigenvalue weighted by Crippen LogP contribution is -2.55. The first-order chi connectivity index (χ1) is 14.7. The van der Waals surface area contributed by atoms with Crippen LogP contribution in [0.5, 0.6) is 5.75 Å². The third kappa shape index (κ3) is 8.37. The van der Waals surface area contributed by atoms with Gasteiger partial charge in [0.05, 0.1) is 6.61 Å². The predicted octanol–water partition coefficient (Wildman–Crippen LogP) is 2.47. The quantitative estimate of drug-likeness (QED) is 0.481. The molecule has 9 nitrogen and oxygen atoms in total. The topological polar surface area (TPSA) is 128 Å². The Labute approximate surface area is 190 Å². The fraction of sp³-hybridized carbons (Fsp3) is 0.609. The number of hydrogen-bond acceptors (Lipinski definition) is 6. The first-order valence-corrected chi connectivity index (χ1v) is 10.7. The zero-order chi connectivity index (χ0) is 24.7. The van der Waals surface area contributed by atoms with Crippen molar-refractivity contribution in [3.8, 4) is 5.75 Å². The van der Waals surface area contributed by atoms with E-state index in [1.807, 2.05) is 6.92 Å². The molecule has 1 aromatic rings. The van der Waals surface area contributed by atoms with E-state index in [1.54, 1.807) is 59.7 Å². The highest BCUT2D eigenvalue weighted by atomic mass is 16.6. The number of rotatable bonds is 8. The Balaban J connectivity index is 3.37. The van der Waals surface area contributed by atoms with Crippen LogP contribution >= 0.6 is 0 Å². The van der Waals surface area contributed by atoms with Gasteiger partial charge in [-0.15, -0.1) is 0 Å². The summed E-state index contributed by atoms with van der Waals surface area (Å²) >= 11 is 0. The van der Waals surface area contributed by atoms with Crippen LogP contribution in [-0.4, -0.2) is 63.4 Å². The lowest BCUT2D eigenvalue weighted by atomic mass is 9.99. The standard InChI is InChI=1S/C23H37N3O6/c1-8-13-26(20(30)16(14-27)24-21(31)32-23(5,6)7)18(19(29)25-22(2,3)4)15-11-9-10-12-17(15)28/h9-12,16,18,27-28H,8,13-14H2,1-7H3,(H,24,31)(H,25,29). The molecule has 180 valence electrons. The van der Waals surface area contributed by atoms with E-state index in [-0.39, 0.29) is 17.9 Å².